The highest BCUT2D eigenvalue weighted by Gasteiger charge is 2.10. The molecule has 0 radical (unpaired) electrons. The van der Waals surface area contributed by atoms with Crippen LogP contribution in [0.4, 0.5) is 5.69 Å². The van der Waals surface area contributed by atoms with Crippen LogP contribution in [0.25, 0.3) is 0 Å². The lowest BCUT2D eigenvalue weighted by Gasteiger charge is -2.11. The number of rotatable bonds is 5. The predicted molar refractivity (Wildman–Crippen MR) is 115 cm³/mol. The fourth-order valence-electron chi connectivity index (χ4n) is 2.58. The first kappa shape index (κ1) is 19.8. The maximum Gasteiger partial charge on any atom is 0.157 e. The van der Waals surface area contributed by atoms with Gasteiger partial charge in [-0.05, 0) is 66.4 Å². The van der Waals surface area contributed by atoms with Gasteiger partial charge in [-0.15, -0.1) is 0 Å². The van der Waals surface area contributed by atoms with E-state index < -0.39 is 0 Å². The van der Waals surface area contributed by atoms with E-state index in [0.717, 1.165) is 27.9 Å². The lowest BCUT2D eigenvalue weighted by atomic mass is 10.1. The summed E-state index contributed by atoms with van der Waals surface area (Å²) in [5.74, 6) is 0.446. The molecule has 27 heavy (non-hydrogen) atoms. The quantitative estimate of drug-likeness (QED) is 0.391. The average Bonchev–Trinajstić information content (AvgIpc) is 2.62. The van der Waals surface area contributed by atoms with Crippen molar-refractivity contribution in [2.45, 2.75) is 20.5 Å². The van der Waals surface area contributed by atoms with Crippen LogP contribution in [0.2, 0.25) is 15.1 Å². The minimum atomic E-state index is 0.329. The molecule has 2 nitrogen and oxygen atoms in total. The topological polar surface area (TPSA) is 21.6 Å². The number of hydrogen-bond acceptors (Lipinski definition) is 2. The van der Waals surface area contributed by atoms with Crippen molar-refractivity contribution < 1.29 is 4.74 Å². The smallest absolute Gasteiger partial charge is 0.157 e. The number of benzene rings is 3. The van der Waals surface area contributed by atoms with Gasteiger partial charge < -0.3 is 4.74 Å². The Morgan fingerprint density at radius 2 is 1.67 bits per heavy atom. The van der Waals surface area contributed by atoms with Crippen molar-refractivity contribution in [1.29, 1.82) is 0 Å². The maximum absolute atomic E-state index is 6.37. The molecule has 0 aliphatic rings. The molecular weight excluding hydrogens is 401 g/mol. The predicted octanol–water partition coefficient (Wildman–Crippen LogP) is 7.59. The molecule has 0 spiro atoms. The standard InChI is InChI=1S/C22H18Cl3NO/c1-14-6-7-15(2)21(8-14)26-12-17-10-19(24)22(20(25)11-17)27-13-16-4-3-5-18(23)9-16/h3-12H,13H2,1-2H3. The number of nitrogens with zero attached hydrogens (tertiary/aromatic N) is 1. The molecule has 0 saturated carbocycles. The van der Waals surface area contributed by atoms with Crippen LogP contribution in [0, 0.1) is 13.8 Å². The third-order valence-electron chi connectivity index (χ3n) is 4.01. The first-order valence-electron chi connectivity index (χ1n) is 8.40. The van der Waals surface area contributed by atoms with Gasteiger partial charge in [0.05, 0.1) is 15.7 Å². The van der Waals surface area contributed by atoms with Crippen LogP contribution in [0.3, 0.4) is 0 Å². The molecule has 0 fully saturated rings. The second kappa shape index (κ2) is 8.79. The molecular formula is C22H18Cl3NO. The molecule has 3 aromatic rings. The Morgan fingerprint density at radius 3 is 2.37 bits per heavy atom. The molecule has 3 rings (SSSR count). The summed E-state index contributed by atoms with van der Waals surface area (Å²) in [5, 5.41) is 1.53. The number of aliphatic imine (C=N–C) groups is 1. The van der Waals surface area contributed by atoms with Crippen molar-refractivity contribution in [3.05, 3.63) is 91.9 Å². The minimum absolute atomic E-state index is 0.329. The Labute approximate surface area is 174 Å². The lowest BCUT2D eigenvalue weighted by Crippen LogP contribution is -1.97. The number of aryl methyl sites for hydroxylation is 2. The molecule has 0 bridgehead atoms. The number of halogens is 3. The van der Waals surface area contributed by atoms with Gasteiger partial charge in [-0.1, -0.05) is 59.1 Å². The second-order valence-electron chi connectivity index (χ2n) is 6.28. The highest BCUT2D eigenvalue weighted by Crippen LogP contribution is 2.34. The van der Waals surface area contributed by atoms with E-state index in [2.05, 4.69) is 17.1 Å². The van der Waals surface area contributed by atoms with Crippen molar-refractivity contribution in [3.63, 3.8) is 0 Å². The highest BCUT2D eigenvalue weighted by molar-refractivity contribution is 6.37. The van der Waals surface area contributed by atoms with Crippen LogP contribution < -0.4 is 4.74 Å². The van der Waals surface area contributed by atoms with E-state index >= 15 is 0 Å². The molecule has 0 aliphatic carbocycles. The van der Waals surface area contributed by atoms with Crippen molar-refractivity contribution >= 4 is 46.7 Å². The SMILES string of the molecule is Cc1ccc(C)c(N=Cc2cc(Cl)c(OCc3cccc(Cl)c3)c(Cl)c2)c1. The van der Waals surface area contributed by atoms with E-state index in [1.54, 1.807) is 18.3 Å². The summed E-state index contributed by atoms with van der Waals surface area (Å²) in [4.78, 5) is 4.55. The molecule has 0 aromatic heterocycles. The first-order valence-corrected chi connectivity index (χ1v) is 9.53. The van der Waals surface area contributed by atoms with E-state index in [0.29, 0.717) is 27.4 Å². The summed E-state index contributed by atoms with van der Waals surface area (Å²) in [7, 11) is 0. The molecule has 0 atom stereocenters. The fraction of sp³-hybridized carbons (Fsp3) is 0.136. The molecule has 0 saturated heterocycles. The Morgan fingerprint density at radius 1 is 0.926 bits per heavy atom. The molecule has 0 amide bonds. The monoisotopic (exact) mass is 417 g/mol. The summed E-state index contributed by atoms with van der Waals surface area (Å²) in [5.41, 5.74) is 4.93. The van der Waals surface area contributed by atoms with Gasteiger partial charge in [0.2, 0.25) is 0 Å². The first-order chi connectivity index (χ1) is 12.9. The van der Waals surface area contributed by atoms with Gasteiger partial charge in [0.15, 0.2) is 5.75 Å². The molecule has 0 N–H and O–H groups in total. The van der Waals surface area contributed by atoms with Gasteiger partial charge in [0.25, 0.3) is 0 Å². The van der Waals surface area contributed by atoms with Gasteiger partial charge in [0.1, 0.15) is 6.61 Å². The summed E-state index contributed by atoms with van der Waals surface area (Å²) in [6.45, 7) is 4.40. The normalized spacial score (nSPS) is 11.1. The third-order valence-corrected chi connectivity index (χ3v) is 4.81. The zero-order valence-corrected chi connectivity index (χ0v) is 17.2. The minimum Gasteiger partial charge on any atom is -0.486 e. The van der Waals surface area contributed by atoms with Crippen LogP contribution in [-0.4, -0.2) is 6.21 Å². The van der Waals surface area contributed by atoms with Gasteiger partial charge >= 0.3 is 0 Å². The summed E-state index contributed by atoms with van der Waals surface area (Å²) in [6, 6.07) is 17.2. The maximum atomic E-state index is 6.37. The number of ether oxygens (including phenoxy) is 1. The van der Waals surface area contributed by atoms with E-state index in [9.17, 15) is 0 Å². The van der Waals surface area contributed by atoms with Crippen molar-refractivity contribution in [2.75, 3.05) is 0 Å². The Hall–Kier alpha value is -2.00. The van der Waals surface area contributed by atoms with E-state index in [1.165, 1.54) is 0 Å². The van der Waals surface area contributed by atoms with E-state index in [4.69, 9.17) is 39.5 Å². The molecule has 5 heteroatoms. The number of hydrogen-bond donors (Lipinski definition) is 0. The zero-order chi connectivity index (χ0) is 19.4. The Kier molecular flexibility index (Phi) is 6.43. The Balaban J connectivity index is 1.78. The Bertz CT molecular complexity index is 976. The molecule has 0 aliphatic heterocycles. The molecule has 138 valence electrons. The van der Waals surface area contributed by atoms with Crippen LogP contribution in [0.5, 0.6) is 5.75 Å². The summed E-state index contributed by atoms with van der Waals surface area (Å²) >= 11 is 18.7. The van der Waals surface area contributed by atoms with Crippen LogP contribution >= 0.6 is 34.8 Å². The molecule has 0 heterocycles. The summed E-state index contributed by atoms with van der Waals surface area (Å²) < 4.78 is 5.79. The van der Waals surface area contributed by atoms with Gasteiger partial charge in [-0.3, -0.25) is 4.99 Å². The second-order valence-corrected chi connectivity index (χ2v) is 7.53. The van der Waals surface area contributed by atoms with Crippen LogP contribution in [0.15, 0.2) is 59.6 Å². The highest BCUT2D eigenvalue weighted by atomic mass is 35.5. The van der Waals surface area contributed by atoms with Crippen molar-refractivity contribution in [1.82, 2.24) is 0 Å². The fourth-order valence-corrected chi connectivity index (χ4v) is 3.40. The van der Waals surface area contributed by atoms with E-state index in [1.807, 2.05) is 44.2 Å². The van der Waals surface area contributed by atoms with Gasteiger partial charge in [0, 0.05) is 11.2 Å². The zero-order valence-electron chi connectivity index (χ0n) is 15.0. The summed E-state index contributed by atoms with van der Waals surface area (Å²) in [6.07, 6.45) is 1.75. The van der Waals surface area contributed by atoms with Crippen molar-refractivity contribution in [2.24, 2.45) is 4.99 Å². The average molecular weight is 419 g/mol. The van der Waals surface area contributed by atoms with Crippen LogP contribution in [-0.2, 0) is 6.61 Å². The van der Waals surface area contributed by atoms with E-state index in [-0.39, 0.29) is 0 Å². The van der Waals surface area contributed by atoms with Crippen molar-refractivity contribution in [3.8, 4) is 5.75 Å². The van der Waals surface area contributed by atoms with Crippen LogP contribution in [0.1, 0.15) is 22.3 Å². The largest absolute Gasteiger partial charge is 0.486 e. The van der Waals surface area contributed by atoms with Gasteiger partial charge in [-0.2, -0.15) is 0 Å². The lowest BCUT2D eigenvalue weighted by molar-refractivity contribution is 0.306. The molecule has 0 unspecified atom stereocenters. The van der Waals surface area contributed by atoms with Gasteiger partial charge in [-0.25, -0.2) is 0 Å². The third kappa shape index (κ3) is 5.26. The molecule has 3 aromatic carbocycles.